The lowest BCUT2D eigenvalue weighted by Crippen LogP contribution is -2.34. The Morgan fingerprint density at radius 1 is 1.17 bits per heavy atom. The van der Waals surface area contributed by atoms with Gasteiger partial charge < -0.3 is 11.1 Å². The van der Waals surface area contributed by atoms with Crippen molar-refractivity contribution in [3.63, 3.8) is 0 Å². The van der Waals surface area contributed by atoms with Crippen LogP contribution in [0.1, 0.15) is 35.3 Å². The highest BCUT2D eigenvalue weighted by molar-refractivity contribution is 6.02. The van der Waals surface area contributed by atoms with Crippen LogP contribution in [0.2, 0.25) is 0 Å². The maximum absolute atomic E-state index is 12.7. The number of halogens is 2. The lowest BCUT2D eigenvalue weighted by atomic mass is 9.98. The zero-order valence-electron chi connectivity index (χ0n) is 13.6. The molecule has 130 valence electrons. The summed E-state index contributed by atoms with van der Waals surface area (Å²) in [6.45, 7) is 1.88. The minimum atomic E-state index is -0.0523. The van der Waals surface area contributed by atoms with Gasteiger partial charge in [0.1, 0.15) is 0 Å². The van der Waals surface area contributed by atoms with E-state index < -0.39 is 0 Å². The van der Waals surface area contributed by atoms with Crippen LogP contribution in [0, 0.1) is 6.92 Å². The Balaban J connectivity index is 0.00000144. The first-order valence-electron chi connectivity index (χ1n) is 7.72. The van der Waals surface area contributed by atoms with Gasteiger partial charge in [0.2, 0.25) is 0 Å². The molecule has 0 saturated heterocycles. The van der Waals surface area contributed by atoms with E-state index in [1.54, 1.807) is 6.20 Å². The highest BCUT2D eigenvalue weighted by Gasteiger charge is 2.25. The van der Waals surface area contributed by atoms with Gasteiger partial charge in [-0.05, 0) is 43.4 Å². The maximum atomic E-state index is 12.7. The van der Waals surface area contributed by atoms with Gasteiger partial charge >= 0.3 is 0 Å². The lowest BCUT2D eigenvalue weighted by molar-refractivity contribution is 0.0937. The summed E-state index contributed by atoms with van der Waals surface area (Å²) in [5.41, 5.74) is 9.29. The number of benzene rings is 1. The van der Waals surface area contributed by atoms with E-state index >= 15 is 0 Å². The molecule has 1 amide bonds. The molecule has 6 heteroatoms. The Morgan fingerprint density at radius 2 is 1.88 bits per heavy atom. The summed E-state index contributed by atoms with van der Waals surface area (Å²) in [5, 5.41) is 3.12. The van der Waals surface area contributed by atoms with E-state index in [2.05, 4.69) is 10.3 Å². The van der Waals surface area contributed by atoms with Crippen molar-refractivity contribution >= 4 is 30.7 Å². The van der Waals surface area contributed by atoms with Crippen LogP contribution < -0.4 is 11.1 Å². The first-order chi connectivity index (χ1) is 10.6. The highest BCUT2D eigenvalue weighted by atomic mass is 35.5. The van der Waals surface area contributed by atoms with Crippen LogP contribution in [0.15, 0.2) is 42.6 Å². The highest BCUT2D eigenvalue weighted by Crippen LogP contribution is 2.26. The standard InChI is InChI=1S/C18H21N3O.2ClH/c1-12-17(18(22)21-15-8-7-14(19)11-15)16(9-10-20-12)13-5-3-2-4-6-13;;/h2-6,9-10,14-15H,7-8,11,19H2,1H3,(H,21,22);2*1H/t14-,15-;;/m1../s1. The van der Waals surface area contributed by atoms with Gasteiger partial charge in [0.25, 0.3) is 5.91 Å². The Kier molecular flexibility index (Phi) is 7.67. The monoisotopic (exact) mass is 367 g/mol. The number of nitrogens with zero attached hydrogens (tertiary/aromatic N) is 1. The molecular formula is C18H23Cl2N3O. The van der Waals surface area contributed by atoms with Crippen molar-refractivity contribution in [2.75, 3.05) is 0 Å². The van der Waals surface area contributed by atoms with Crippen molar-refractivity contribution in [1.82, 2.24) is 10.3 Å². The molecule has 0 spiro atoms. The number of carbonyl (C=O) groups is 1. The first kappa shape index (κ1) is 20.4. The topological polar surface area (TPSA) is 68.0 Å². The summed E-state index contributed by atoms with van der Waals surface area (Å²) >= 11 is 0. The van der Waals surface area contributed by atoms with E-state index in [0.717, 1.165) is 36.1 Å². The molecule has 3 rings (SSSR count). The van der Waals surface area contributed by atoms with Crippen LogP contribution in [-0.4, -0.2) is 23.0 Å². The molecule has 1 aromatic heterocycles. The van der Waals surface area contributed by atoms with Gasteiger partial charge in [0, 0.05) is 18.3 Å². The quantitative estimate of drug-likeness (QED) is 0.871. The number of hydrogen-bond donors (Lipinski definition) is 2. The molecule has 24 heavy (non-hydrogen) atoms. The molecule has 0 bridgehead atoms. The van der Waals surface area contributed by atoms with Crippen molar-refractivity contribution in [2.24, 2.45) is 5.73 Å². The number of hydrogen-bond acceptors (Lipinski definition) is 3. The van der Waals surface area contributed by atoms with Gasteiger partial charge in [-0.25, -0.2) is 0 Å². The number of pyridine rings is 1. The molecule has 1 aliphatic carbocycles. The number of aryl methyl sites for hydroxylation is 1. The second-order valence-corrected chi connectivity index (χ2v) is 5.93. The number of amides is 1. The number of nitrogens with two attached hydrogens (primary N) is 1. The summed E-state index contributed by atoms with van der Waals surface area (Å²) in [4.78, 5) is 17.0. The fourth-order valence-corrected chi connectivity index (χ4v) is 3.12. The number of nitrogens with one attached hydrogen (secondary N) is 1. The SMILES string of the molecule is Cc1nccc(-c2ccccc2)c1C(=O)N[C@@H]1CC[C@@H](N)C1.Cl.Cl. The Bertz CT molecular complexity index is 679. The third-order valence-corrected chi connectivity index (χ3v) is 4.26. The van der Waals surface area contributed by atoms with Crippen molar-refractivity contribution in [3.8, 4) is 11.1 Å². The first-order valence-corrected chi connectivity index (χ1v) is 7.72. The average Bonchev–Trinajstić information content (AvgIpc) is 2.92. The van der Waals surface area contributed by atoms with Crippen LogP contribution in [0.4, 0.5) is 0 Å². The normalized spacial score (nSPS) is 19.1. The number of rotatable bonds is 3. The van der Waals surface area contributed by atoms with Crippen LogP contribution in [0.3, 0.4) is 0 Å². The molecule has 2 atom stereocenters. The van der Waals surface area contributed by atoms with Gasteiger partial charge in [-0.2, -0.15) is 0 Å². The molecule has 0 radical (unpaired) electrons. The number of aromatic nitrogens is 1. The summed E-state index contributed by atoms with van der Waals surface area (Å²) in [7, 11) is 0. The summed E-state index contributed by atoms with van der Waals surface area (Å²) < 4.78 is 0. The lowest BCUT2D eigenvalue weighted by Gasteiger charge is -2.16. The smallest absolute Gasteiger partial charge is 0.253 e. The molecule has 3 N–H and O–H groups in total. The Morgan fingerprint density at radius 3 is 2.50 bits per heavy atom. The van der Waals surface area contributed by atoms with Crippen molar-refractivity contribution in [1.29, 1.82) is 0 Å². The van der Waals surface area contributed by atoms with Gasteiger partial charge in [0.15, 0.2) is 0 Å². The predicted octanol–water partition coefficient (Wildman–Crippen LogP) is 3.51. The molecule has 2 aromatic rings. The Labute approximate surface area is 155 Å². The second-order valence-electron chi connectivity index (χ2n) is 5.93. The van der Waals surface area contributed by atoms with Gasteiger partial charge in [-0.1, -0.05) is 30.3 Å². The molecule has 1 heterocycles. The largest absolute Gasteiger partial charge is 0.349 e. The predicted molar refractivity (Wildman–Crippen MR) is 102 cm³/mol. The summed E-state index contributed by atoms with van der Waals surface area (Å²) in [5.74, 6) is -0.0523. The fraction of sp³-hybridized carbons (Fsp3) is 0.333. The second kappa shape index (κ2) is 9.02. The molecular weight excluding hydrogens is 345 g/mol. The van der Waals surface area contributed by atoms with E-state index in [1.165, 1.54) is 0 Å². The van der Waals surface area contributed by atoms with Crippen LogP contribution in [0.5, 0.6) is 0 Å². The van der Waals surface area contributed by atoms with Gasteiger partial charge in [0.05, 0.1) is 11.3 Å². The minimum Gasteiger partial charge on any atom is -0.349 e. The van der Waals surface area contributed by atoms with E-state index in [-0.39, 0.29) is 42.8 Å². The average molecular weight is 368 g/mol. The van der Waals surface area contributed by atoms with Crippen molar-refractivity contribution in [3.05, 3.63) is 53.9 Å². The zero-order valence-corrected chi connectivity index (χ0v) is 15.2. The van der Waals surface area contributed by atoms with Gasteiger partial charge in [-0.3, -0.25) is 9.78 Å². The third kappa shape index (κ3) is 4.47. The number of carbonyl (C=O) groups excluding carboxylic acids is 1. The van der Waals surface area contributed by atoms with Crippen molar-refractivity contribution in [2.45, 2.75) is 38.3 Å². The minimum absolute atomic E-state index is 0. The van der Waals surface area contributed by atoms with E-state index in [1.807, 2.05) is 43.3 Å². The van der Waals surface area contributed by atoms with Crippen LogP contribution >= 0.6 is 24.8 Å². The van der Waals surface area contributed by atoms with Crippen LogP contribution in [0.25, 0.3) is 11.1 Å². The molecule has 1 aromatic carbocycles. The molecule has 0 unspecified atom stereocenters. The van der Waals surface area contributed by atoms with E-state index in [0.29, 0.717) is 5.56 Å². The molecule has 1 aliphatic rings. The summed E-state index contributed by atoms with van der Waals surface area (Å²) in [6, 6.07) is 12.2. The molecule has 1 saturated carbocycles. The van der Waals surface area contributed by atoms with Gasteiger partial charge in [-0.15, -0.1) is 24.8 Å². The third-order valence-electron chi connectivity index (χ3n) is 4.26. The zero-order chi connectivity index (χ0) is 15.5. The maximum Gasteiger partial charge on any atom is 0.253 e. The van der Waals surface area contributed by atoms with Crippen molar-refractivity contribution < 1.29 is 4.79 Å². The summed E-state index contributed by atoms with van der Waals surface area (Å²) in [6.07, 6.45) is 4.53. The van der Waals surface area contributed by atoms with Crippen LogP contribution in [-0.2, 0) is 0 Å². The molecule has 4 nitrogen and oxygen atoms in total. The Hall–Kier alpha value is -1.62. The molecule has 1 fully saturated rings. The fourth-order valence-electron chi connectivity index (χ4n) is 3.12. The van der Waals surface area contributed by atoms with E-state index in [9.17, 15) is 4.79 Å². The molecule has 0 aliphatic heterocycles. The van der Waals surface area contributed by atoms with E-state index in [4.69, 9.17) is 5.73 Å².